The first-order valence-electron chi connectivity index (χ1n) is 3.45. The fourth-order valence-corrected chi connectivity index (χ4v) is 0.680. The van der Waals surface area contributed by atoms with Gasteiger partial charge in [0.15, 0.2) is 0 Å². The van der Waals surface area contributed by atoms with E-state index in [1.165, 1.54) is 0 Å². The summed E-state index contributed by atoms with van der Waals surface area (Å²) in [4.78, 5) is 0. The van der Waals surface area contributed by atoms with Crippen LogP contribution >= 0.6 is 0 Å². The first-order valence-corrected chi connectivity index (χ1v) is 3.45. The van der Waals surface area contributed by atoms with Gasteiger partial charge in [-0.1, -0.05) is 24.3 Å². The van der Waals surface area contributed by atoms with E-state index in [-0.39, 0.29) is 0 Å². The van der Waals surface area contributed by atoms with Crippen molar-refractivity contribution in [2.24, 2.45) is 0 Å². The Morgan fingerprint density at radius 2 is 0.900 bits per heavy atom. The Morgan fingerprint density at radius 1 is 0.600 bits per heavy atom. The Hall–Kier alpha value is -0.600. The molecule has 0 aromatic carbocycles. The fraction of sp³-hybridized carbons (Fsp3) is 0.500. The number of hydrogen-bond donors (Lipinski definition) is 0. The maximum absolute atomic E-state index is 4.83. The van der Waals surface area contributed by atoms with E-state index in [1.807, 2.05) is 24.3 Å². The van der Waals surface area contributed by atoms with Crippen molar-refractivity contribution in [3.05, 3.63) is 24.3 Å². The highest BCUT2D eigenvalue weighted by molar-refractivity contribution is 4.86. The third kappa shape index (κ3) is 3.43. The molecular weight excluding hydrogens is 128 g/mol. The van der Waals surface area contributed by atoms with Crippen molar-refractivity contribution < 1.29 is 9.47 Å². The molecule has 2 nitrogen and oxygen atoms in total. The minimum absolute atomic E-state index is 0.819. The van der Waals surface area contributed by atoms with Gasteiger partial charge in [0.05, 0.1) is 26.4 Å². The van der Waals surface area contributed by atoms with Crippen LogP contribution in [0.1, 0.15) is 0 Å². The van der Waals surface area contributed by atoms with E-state index < -0.39 is 0 Å². The second-order valence-electron chi connectivity index (χ2n) is 2.02. The van der Waals surface area contributed by atoms with E-state index in [0.717, 1.165) is 26.4 Å². The number of ether oxygens (including phenoxy) is 2. The fourth-order valence-electron chi connectivity index (χ4n) is 0.680. The van der Waals surface area contributed by atoms with Crippen molar-refractivity contribution in [1.29, 1.82) is 0 Å². The van der Waals surface area contributed by atoms with Crippen molar-refractivity contribution in [3.8, 4) is 0 Å². The van der Waals surface area contributed by atoms with Crippen LogP contribution in [-0.4, -0.2) is 26.4 Å². The lowest BCUT2D eigenvalue weighted by Crippen LogP contribution is -1.76. The van der Waals surface area contributed by atoms with Gasteiger partial charge in [0.2, 0.25) is 0 Å². The zero-order valence-corrected chi connectivity index (χ0v) is 5.95. The predicted octanol–water partition coefficient (Wildman–Crippen LogP) is 1.15. The van der Waals surface area contributed by atoms with E-state index in [2.05, 4.69) is 0 Å². The molecule has 2 heterocycles. The molecule has 0 saturated heterocycles. The molecule has 0 bridgehead atoms. The minimum Gasteiger partial charge on any atom is -0.373 e. The predicted molar refractivity (Wildman–Crippen MR) is 39.9 cm³/mol. The molecular formula is C8H12O2. The highest BCUT2D eigenvalue weighted by Gasteiger charge is 1.83. The maximum Gasteiger partial charge on any atom is 0.0652 e. The van der Waals surface area contributed by atoms with Crippen molar-refractivity contribution in [3.63, 3.8) is 0 Å². The van der Waals surface area contributed by atoms with Gasteiger partial charge in [0, 0.05) is 0 Å². The van der Waals surface area contributed by atoms with Crippen molar-refractivity contribution in [1.82, 2.24) is 0 Å². The molecule has 10 heavy (non-hydrogen) atoms. The van der Waals surface area contributed by atoms with Gasteiger partial charge >= 0.3 is 0 Å². The first kappa shape index (κ1) is 7.51. The molecule has 0 saturated carbocycles. The lowest BCUT2D eigenvalue weighted by atomic mass is 10.6. The summed E-state index contributed by atoms with van der Waals surface area (Å²) < 4.78 is 9.67. The van der Waals surface area contributed by atoms with Crippen LogP contribution in [0, 0.1) is 0 Å². The standard InChI is InChI=1S/2C4H6O/c2*1-2-4-5-3-1/h2*1-2H,3-4H2. The largest absolute Gasteiger partial charge is 0.373 e. The molecule has 0 atom stereocenters. The SMILES string of the molecule is C1=CCOC1.C1=CCOC1. The van der Waals surface area contributed by atoms with Crippen LogP contribution in [0.3, 0.4) is 0 Å². The molecule has 2 heteroatoms. The van der Waals surface area contributed by atoms with Crippen LogP contribution in [0.4, 0.5) is 0 Å². The molecule has 0 amide bonds. The highest BCUT2D eigenvalue weighted by atomic mass is 16.5. The molecule has 2 rings (SSSR count). The summed E-state index contributed by atoms with van der Waals surface area (Å²) in [6.07, 6.45) is 8.06. The lowest BCUT2D eigenvalue weighted by molar-refractivity contribution is 0.213. The quantitative estimate of drug-likeness (QED) is 0.470. The van der Waals surface area contributed by atoms with Crippen molar-refractivity contribution in [2.75, 3.05) is 26.4 Å². The molecule has 0 spiro atoms. The third-order valence-corrected chi connectivity index (χ3v) is 1.19. The Kier molecular flexibility index (Phi) is 3.91. The van der Waals surface area contributed by atoms with Crippen LogP contribution in [0.5, 0.6) is 0 Å². The summed E-state index contributed by atoms with van der Waals surface area (Å²) in [6, 6.07) is 0. The van der Waals surface area contributed by atoms with Gasteiger partial charge in [0.25, 0.3) is 0 Å². The molecule has 56 valence electrons. The van der Waals surface area contributed by atoms with E-state index in [4.69, 9.17) is 9.47 Å². The normalized spacial score (nSPS) is 20.8. The zero-order valence-electron chi connectivity index (χ0n) is 5.95. The van der Waals surface area contributed by atoms with Crippen LogP contribution in [0.2, 0.25) is 0 Å². The lowest BCUT2D eigenvalue weighted by Gasteiger charge is -1.77. The Labute approximate surface area is 61.1 Å². The molecule has 0 N–H and O–H groups in total. The van der Waals surface area contributed by atoms with Gasteiger partial charge in [-0.15, -0.1) is 0 Å². The average molecular weight is 140 g/mol. The summed E-state index contributed by atoms with van der Waals surface area (Å²) in [5, 5.41) is 0. The molecule has 0 aliphatic carbocycles. The minimum atomic E-state index is 0.819. The number of rotatable bonds is 0. The van der Waals surface area contributed by atoms with Crippen LogP contribution in [0.15, 0.2) is 24.3 Å². The van der Waals surface area contributed by atoms with Gasteiger partial charge < -0.3 is 9.47 Å². The third-order valence-electron chi connectivity index (χ3n) is 1.19. The molecule has 0 aromatic heterocycles. The smallest absolute Gasteiger partial charge is 0.0652 e. The summed E-state index contributed by atoms with van der Waals surface area (Å²) in [5.41, 5.74) is 0. The van der Waals surface area contributed by atoms with Crippen molar-refractivity contribution >= 4 is 0 Å². The van der Waals surface area contributed by atoms with E-state index in [0.29, 0.717) is 0 Å². The molecule has 0 unspecified atom stereocenters. The molecule has 2 aliphatic rings. The van der Waals surface area contributed by atoms with Crippen molar-refractivity contribution in [2.45, 2.75) is 0 Å². The summed E-state index contributed by atoms with van der Waals surface area (Å²) in [5.74, 6) is 0. The summed E-state index contributed by atoms with van der Waals surface area (Å²) >= 11 is 0. The summed E-state index contributed by atoms with van der Waals surface area (Å²) in [6.45, 7) is 3.28. The molecule has 0 fully saturated rings. The van der Waals surface area contributed by atoms with Crippen LogP contribution in [-0.2, 0) is 9.47 Å². The van der Waals surface area contributed by atoms with Gasteiger partial charge in [-0.2, -0.15) is 0 Å². The van der Waals surface area contributed by atoms with Gasteiger partial charge in [-0.05, 0) is 0 Å². The maximum atomic E-state index is 4.83. The topological polar surface area (TPSA) is 18.5 Å². The molecule has 0 aromatic rings. The second kappa shape index (κ2) is 5.21. The van der Waals surface area contributed by atoms with Gasteiger partial charge in [0.1, 0.15) is 0 Å². The van der Waals surface area contributed by atoms with E-state index in [9.17, 15) is 0 Å². The first-order chi connectivity index (χ1) is 5.00. The molecule has 2 aliphatic heterocycles. The molecule has 0 radical (unpaired) electrons. The number of hydrogen-bond acceptors (Lipinski definition) is 2. The van der Waals surface area contributed by atoms with E-state index in [1.54, 1.807) is 0 Å². The highest BCUT2D eigenvalue weighted by Crippen LogP contribution is 1.86. The zero-order chi connectivity index (χ0) is 7.07. The van der Waals surface area contributed by atoms with Crippen LogP contribution < -0.4 is 0 Å². The van der Waals surface area contributed by atoms with E-state index >= 15 is 0 Å². The Morgan fingerprint density at radius 3 is 1.00 bits per heavy atom. The van der Waals surface area contributed by atoms with Gasteiger partial charge in [-0.3, -0.25) is 0 Å². The monoisotopic (exact) mass is 140 g/mol. The second-order valence-corrected chi connectivity index (χ2v) is 2.02. The Balaban J connectivity index is 0.0000001000. The summed E-state index contributed by atoms with van der Waals surface area (Å²) in [7, 11) is 0. The van der Waals surface area contributed by atoms with Crippen LogP contribution in [0.25, 0.3) is 0 Å². The Bertz CT molecular complexity index is 99.2. The average Bonchev–Trinajstić information content (AvgIpc) is 2.67. The van der Waals surface area contributed by atoms with Gasteiger partial charge in [-0.25, -0.2) is 0 Å².